The second kappa shape index (κ2) is 8.21. The lowest BCUT2D eigenvalue weighted by Crippen LogP contribution is -2.36. The van der Waals surface area contributed by atoms with E-state index in [9.17, 15) is 4.79 Å². The number of para-hydroxylation sites is 1. The molecule has 0 fully saturated rings. The molecule has 5 heteroatoms. The van der Waals surface area contributed by atoms with Crippen LogP contribution in [0.25, 0.3) is 0 Å². The Morgan fingerprint density at radius 2 is 1.93 bits per heavy atom. The third-order valence-electron chi connectivity index (χ3n) is 5.25. The zero-order valence-corrected chi connectivity index (χ0v) is 16.1. The molecular formula is C23H24N4O. The van der Waals surface area contributed by atoms with E-state index in [1.807, 2.05) is 66.8 Å². The van der Waals surface area contributed by atoms with Crippen LogP contribution in [0.1, 0.15) is 28.0 Å². The smallest absolute Gasteiger partial charge is 0.276 e. The third-order valence-corrected chi connectivity index (χ3v) is 5.25. The van der Waals surface area contributed by atoms with Gasteiger partial charge in [-0.1, -0.05) is 18.2 Å². The molecule has 0 atom stereocenters. The SMILES string of the molecule is CN(CCc1ccncc1)c1ccc(C(=O)N2CCCc3ccccc32)nc1. The fraction of sp³-hybridized carbons (Fsp3) is 0.261. The number of aryl methyl sites for hydroxylation is 1. The monoisotopic (exact) mass is 372 g/mol. The van der Waals surface area contributed by atoms with Gasteiger partial charge in [-0.25, -0.2) is 4.98 Å². The van der Waals surface area contributed by atoms with Crippen molar-refractivity contribution in [3.05, 3.63) is 83.9 Å². The Morgan fingerprint density at radius 3 is 2.71 bits per heavy atom. The number of benzene rings is 1. The number of rotatable bonds is 5. The average molecular weight is 372 g/mol. The standard InChI is InChI=1S/C23H24N4O/c1-26(16-12-18-10-13-24-14-11-18)20-8-9-21(25-17-20)23(28)27-15-4-6-19-5-2-3-7-22(19)27/h2-3,5,7-11,13-14,17H,4,6,12,15-16H2,1H3. The number of carbonyl (C=O) groups is 1. The first kappa shape index (κ1) is 18.2. The summed E-state index contributed by atoms with van der Waals surface area (Å²) in [5, 5.41) is 0. The Morgan fingerprint density at radius 1 is 1.11 bits per heavy atom. The van der Waals surface area contributed by atoms with E-state index in [0.29, 0.717) is 5.69 Å². The van der Waals surface area contributed by atoms with Crippen molar-refractivity contribution in [1.82, 2.24) is 9.97 Å². The minimum Gasteiger partial charge on any atom is -0.373 e. The fourth-order valence-electron chi connectivity index (χ4n) is 3.60. The molecule has 0 unspecified atom stereocenters. The summed E-state index contributed by atoms with van der Waals surface area (Å²) in [6.07, 6.45) is 8.36. The highest BCUT2D eigenvalue weighted by molar-refractivity contribution is 6.05. The number of hydrogen-bond acceptors (Lipinski definition) is 4. The Bertz CT molecular complexity index is 940. The van der Waals surface area contributed by atoms with E-state index >= 15 is 0 Å². The molecule has 0 N–H and O–H groups in total. The van der Waals surface area contributed by atoms with E-state index < -0.39 is 0 Å². The van der Waals surface area contributed by atoms with Crippen molar-refractivity contribution in [2.75, 3.05) is 29.9 Å². The second-order valence-corrected chi connectivity index (χ2v) is 7.12. The number of hydrogen-bond donors (Lipinski definition) is 0. The highest BCUT2D eigenvalue weighted by Gasteiger charge is 2.24. The first-order valence-corrected chi connectivity index (χ1v) is 9.68. The Hall–Kier alpha value is -3.21. The first-order valence-electron chi connectivity index (χ1n) is 9.68. The van der Waals surface area contributed by atoms with Crippen LogP contribution in [0, 0.1) is 0 Å². The van der Waals surface area contributed by atoms with Crippen molar-refractivity contribution in [2.45, 2.75) is 19.3 Å². The van der Waals surface area contributed by atoms with Crippen molar-refractivity contribution in [2.24, 2.45) is 0 Å². The summed E-state index contributed by atoms with van der Waals surface area (Å²) >= 11 is 0. The quantitative estimate of drug-likeness (QED) is 0.684. The zero-order chi connectivity index (χ0) is 19.3. The molecule has 1 aromatic carbocycles. The molecule has 3 aromatic rings. The number of amides is 1. The molecule has 1 amide bonds. The van der Waals surface area contributed by atoms with Crippen LogP contribution in [-0.2, 0) is 12.8 Å². The maximum atomic E-state index is 13.0. The molecular weight excluding hydrogens is 348 g/mol. The summed E-state index contributed by atoms with van der Waals surface area (Å²) in [5.41, 5.74) is 4.99. The summed E-state index contributed by atoms with van der Waals surface area (Å²) in [7, 11) is 2.04. The number of aromatic nitrogens is 2. The van der Waals surface area contributed by atoms with E-state index in [-0.39, 0.29) is 5.91 Å². The molecule has 4 rings (SSSR count). The van der Waals surface area contributed by atoms with Gasteiger partial charge in [0.05, 0.1) is 11.9 Å². The summed E-state index contributed by atoms with van der Waals surface area (Å²) < 4.78 is 0. The summed E-state index contributed by atoms with van der Waals surface area (Å²) in [6, 6.07) is 16.0. The van der Waals surface area contributed by atoms with Crippen molar-refractivity contribution < 1.29 is 4.79 Å². The molecule has 0 radical (unpaired) electrons. The number of carbonyl (C=O) groups excluding carboxylic acids is 1. The summed E-state index contributed by atoms with van der Waals surface area (Å²) in [4.78, 5) is 25.5. The molecule has 1 aliphatic rings. The van der Waals surface area contributed by atoms with Gasteiger partial charge in [-0.3, -0.25) is 9.78 Å². The van der Waals surface area contributed by atoms with Crippen molar-refractivity contribution >= 4 is 17.3 Å². The molecule has 1 aliphatic heterocycles. The minimum absolute atomic E-state index is 0.0295. The highest BCUT2D eigenvalue weighted by atomic mass is 16.2. The molecule has 0 bridgehead atoms. The van der Waals surface area contributed by atoms with Crippen LogP contribution in [0.15, 0.2) is 67.1 Å². The summed E-state index contributed by atoms with van der Waals surface area (Å²) in [5.74, 6) is -0.0295. The van der Waals surface area contributed by atoms with Gasteiger partial charge < -0.3 is 9.80 Å². The largest absolute Gasteiger partial charge is 0.373 e. The number of likely N-dealkylation sites (N-methyl/N-ethyl adjacent to an activating group) is 1. The molecule has 142 valence electrons. The van der Waals surface area contributed by atoms with Crippen LogP contribution in [0.2, 0.25) is 0 Å². The van der Waals surface area contributed by atoms with Crippen LogP contribution in [-0.4, -0.2) is 36.0 Å². The topological polar surface area (TPSA) is 49.3 Å². The van der Waals surface area contributed by atoms with Crippen LogP contribution in [0.5, 0.6) is 0 Å². The van der Waals surface area contributed by atoms with Gasteiger partial charge in [-0.2, -0.15) is 0 Å². The lowest BCUT2D eigenvalue weighted by Gasteiger charge is -2.29. The van der Waals surface area contributed by atoms with Crippen molar-refractivity contribution in [1.29, 1.82) is 0 Å². The van der Waals surface area contributed by atoms with Crippen LogP contribution >= 0.6 is 0 Å². The molecule has 3 heterocycles. The predicted molar refractivity (Wildman–Crippen MR) is 112 cm³/mol. The lowest BCUT2D eigenvalue weighted by atomic mass is 10.0. The van der Waals surface area contributed by atoms with Gasteiger partial charge in [-0.15, -0.1) is 0 Å². The van der Waals surface area contributed by atoms with Gasteiger partial charge in [0.25, 0.3) is 5.91 Å². The number of fused-ring (bicyclic) bond motifs is 1. The molecule has 0 saturated heterocycles. The van der Waals surface area contributed by atoms with Gasteiger partial charge in [0, 0.05) is 38.2 Å². The van der Waals surface area contributed by atoms with Crippen LogP contribution in [0.4, 0.5) is 11.4 Å². The van der Waals surface area contributed by atoms with Gasteiger partial charge in [0.1, 0.15) is 5.69 Å². The van der Waals surface area contributed by atoms with Gasteiger partial charge in [0.15, 0.2) is 0 Å². The van der Waals surface area contributed by atoms with Crippen molar-refractivity contribution in [3.63, 3.8) is 0 Å². The maximum Gasteiger partial charge on any atom is 0.276 e. The third kappa shape index (κ3) is 3.88. The molecule has 0 saturated carbocycles. The molecule has 0 spiro atoms. The van der Waals surface area contributed by atoms with Crippen molar-refractivity contribution in [3.8, 4) is 0 Å². The average Bonchev–Trinajstić information content (AvgIpc) is 2.77. The van der Waals surface area contributed by atoms with E-state index in [1.165, 1.54) is 11.1 Å². The highest BCUT2D eigenvalue weighted by Crippen LogP contribution is 2.28. The zero-order valence-electron chi connectivity index (χ0n) is 16.1. The maximum absolute atomic E-state index is 13.0. The lowest BCUT2D eigenvalue weighted by molar-refractivity contribution is 0.0980. The first-order chi connectivity index (χ1) is 13.7. The van der Waals surface area contributed by atoms with E-state index in [1.54, 1.807) is 6.20 Å². The Balaban J connectivity index is 1.44. The Kier molecular flexibility index (Phi) is 5.33. The van der Waals surface area contributed by atoms with Gasteiger partial charge >= 0.3 is 0 Å². The number of anilines is 2. The second-order valence-electron chi connectivity index (χ2n) is 7.12. The van der Waals surface area contributed by atoms with Gasteiger partial charge in [-0.05, 0) is 60.7 Å². The molecule has 28 heavy (non-hydrogen) atoms. The molecule has 0 aliphatic carbocycles. The van der Waals surface area contributed by atoms with E-state index in [2.05, 4.69) is 20.9 Å². The summed E-state index contributed by atoms with van der Waals surface area (Å²) in [6.45, 7) is 1.61. The minimum atomic E-state index is -0.0295. The van der Waals surface area contributed by atoms with Crippen LogP contribution < -0.4 is 9.80 Å². The van der Waals surface area contributed by atoms with E-state index in [4.69, 9.17) is 0 Å². The van der Waals surface area contributed by atoms with Gasteiger partial charge in [0.2, 0.25) is 0 Å². The number of pyridine rings is 2. The normalized spacial score (nSPS) is 13.1. The van der Waals surface area contributed by atoms with Crippen LogP contribution in [0.3, 0.4) is 0 Å². The molecule has 2 aromatic heterocycles. The fourth-order valence-corrected chi connectivity index (χ4v) is 3.60. The predicted octanol–water partition coefficient (Wildman–Crippen LogP) is 3.75. The number of nitrogens with zero attached hydrogens (tertiary/aromatic N) is 4. The molecule has 5 nitrogen and oxygen atoms in total. The Labute approximate surface area is 165 Å². The van der Waals surface area contributed by atoms with E-state index in [0.717, 1.165) is 43.7 Å².